The average Bonchev–Trinajstić information content (AvgIpc) is 3.28. The molecule has 0 bridgehead atoms. The molecule has 4 rings (SSSR count). The van der Waals surface area contributed by atoms with Crippen molar-refractivity contribution in [3.63, 3.8) is 0 Å². The maximum absolute atomic E-state index is 11.6. The van der Waals surface area contributed by atoms with E-state index in [0.717, 1.165) is 47.5 Å². The largest absolute Gasteiger partial charge is 0.489 e. The highest BCUT2D eigenvalue weighted by molar-refractivity contribution is 5.84. The zero-order valence-corrected chi connectivity index (χ0v) is 16.6. The lowest BCUT2D eigenvalue weighted by Crippen LogP contribution is -2.40. The Morgan fingerprint density at radius 1 is 1.00 bits per heavy atom. The normalized spacial score (nSPS) is 15.3. The highest BCUT2D eigenvalue weighted by Gasteiger charge is 2.28. The van der Waals surface area contributed by atoms with E-state index in [1.807, 2.05) is 60.7 Å². The van der Waals surface area contributed by atoms with Crippen LogP contribution in [0.2, 0.25) is 0 Å². The van der Waals surface area contributed by atoms with Gasteiger partial charge in [-0.25, -0.2) is 0 Å². The third kappa shape index (κ3) is 4.79. The number of carbonyl (C=O) groups is 1. The molecule has 1 aliphatic heterocycles. The van der Waals surface area contributed by atoms with Crippen LogP contribution in [-0.4, -0.2) is 23.5 Å². The minimum Gasteiger partial charge on any atom is -0.489 e. The number of nitrogens with zero attached hydrogens (tertiary/aromatic N) is 2. The number of rotatable bonds is 5. The van der Waals surface area contributed by atoms with E-state index < -0.39 is 0 Å². The van der Waals surface area contributed by atoms with Gasteiger partial charge in [-0.3, -0.25) is 9.78 Å². The predicted molar refractivity (Wildman–Crippen MR) is 117 cm³/mol. The third-order valence-electron chi connectivity index (χ3n) is 5.14. The number of hydrogen-bond acceptors (Lipinski definition) is 4. The quantitative estimate of drug-likeness (QED) is 0.669. The first-order valence-corrected chi connectivity index (χ1v) is 9.99. The molecule has 30 heavy (non-hydrogen) atoms. The van der Waals surface area contributed by atoms with Crippen molar-refractivity contribution in [2.75, 3.05) is 11.4 Å². The van der Waals surface area contributed by atoms with Crippen LogP contribution in [0.3, 0.4) is 0 Å². The van der Waals surface area contributed by atoms with Gasteiger partial charge in [0.15, 0.2) is 0 Å². The van der Waals surface area contributed by atoms with Crippen molar-refractivity contribution in [3.05, 3.63) is 89.7 Å². The zero-order chi connectivity index (χ0) is 20.8. The third-order valence-corrected chi connectivity index (χ3v) is 5.14. The minimum atomic E-state index is -0.260. The molecule has 5 nitrogen and oxygen atoms in total. The smallest absolute Gasteiger partial charge is 0.240 e. The molecule has 1 fully saturated rings. The molecule has 2 N–H and O–H groups in total. The molecular formula is C25H23N3O2. The van der Waals surface area contributed by atoms with Crippen molar-refractivity contribution < 1.29 is 9.53 Å². The lowest BCUT2D eigenvalue weighted by Gasteiger charge is -2.24. The molecular weight excluding hydrogens is 374 g/mol. The van der Waals surface area contributed by atoms with Gasteiger partial charge in [-0.2, -0.15) is 0 Å². The summed E-state index contributed by atoms with van der Waals surface area (Å²) >= 11 is 0. The Kier molecular flexibility index (Phi) is 5.95. The van der Waals surface area contributed by atoms with Gasteiger partial charge in [0.25, 0.3) is 0 Å². The lowest BCUT2D eigenvalue weighted by molar-refractivity contribution is -0.119. The standard InChI is InChI=1S/C25H23N3O2/c26-25(29)24-2-1-17-28(24)22-9-5-19(6-10-22)3-4-20-7-11-23(12-8-20)30-18-21-13-15-27-16-14-21/h5-16,24H,1-2,17-18H2,(H2,26,29)/t24-/m1/s1. The average molecular weight is 397 g/mol. The molecule has 0 saturated carbocycles. The van der Waals surface area contributed by atoms with Crippen LogP contribution in [0.25, 0.3) is 0 Å². The van der Waals surface area contributed by atoms with E-state index in [-0.39, 0.29) is 11.9 Å². The molecule has 1 aliphatic rings. The molecule has 1 atom stereocenters. The first-order valence-electron chi connectivity index (χ1n) is 9.99. The van der Waals surface area contributed by atoms with Crippen LogP contribution in [0, 0.1) is 11.8 Å². The summed E-state index contributed by atoms with van der Waals surface area (Å²) in [6, 6.07) is 19.4. The SMILES string of the molecule is NC(=O)[C@H]1CCCN1c1ccc(C#Cc2ccc(OCc3ccncc3)cc2)cc1. The van der Waals surface area contributed by atoms with Gasteiger partial charge in [0, 0.05) is 35.8 Å². The predicted octanol–water partition coefficient (Wildman–Crippen LogP) is 3.51. The van der Waals surface area contributed by atoms with Gasteiger partial charge < -0.3 is 15.4 Å². The van der Waals surface area contributed by atoms with Gasteiger partial charge in [0.1, 0.15) is 18.4 Å². The van der Waals surface area contributed by atoms with E-state index in [2.05, 4.69) is 21.7 Å². The van der Waals surface area contributed by atoms with Crippen molar-refractivity contribution in [1.29, 1.82) is 0 Å². The highest BCUT2D eigenvalue weighted by atomic mass is 16.5. The molecule has 1 saturated heterocycles. The molecule has 0 aliphatic carbocycles. The highest BCUT2D eigenvalue weighted by Crippen LogP contribution is 2.25. The van der Waals surface area contributed by atoms with E-state index >= 15 is 0 Å². The van der Waals surface area contributed by atoms with Crippen molar-refractivity contribution in [1.82, 2.24) is 4.98 Å². The van der Waals surface area contributed by atoms with Crippen molar-refractivity contribution in [2.45, 2.75) is 25.5 Å². The molecule has 2 heterocycles. The van der Waals surface area contributed by atoms with Gasteiger partial charge >= 0.3 is 0 Å². The van der Waals surface area contributed by atoms with Crippen molar-refractivity contribution >= 4 is 11.6 Å². The molecule has 0 unspecified atom stereocenters. The van der Waals surface area contributed by atoms with E-state index in [4.69, 9.17) is 10.5 Å². The topological polar surface area (TPSA) is 68.5 Å². The van der Waals surface area contributed by atoms with Crippen LogP contribution < -0.4 is 15.4 Å². The Morgan fingerprint density at radius 3 is 2.27 bits per heavy atom. The summed E-state index contributed by atoms with van der Waals surface area (Å²) in [6.45, 7) is 1.36. The fourth-order valence-corrected chi connectivity index (χ4v) is 3.53. The summed E-state index contributed by atoms with van der Waals surface area (Å²) in [6.07, 6.45) is 5.31. The molecule has 1 amide bonds. The number of benzene rings is 2. The summed E-state index contributed by atoms with van der Waals surface area (Å²) < 4.78 is 5.78. The van der Waals surface area contributed by atoms with Crippen LogP contribution >= 0.6 is 0 Å². The van der Waals surface area contributed by atoms with Gasteiger partial charge in [-0.05, 0) is 79.1 Å². The summed E-state index contributed by atoms with van der Waals surface area (Å²) in [7, 11) is 0. The maximum Gasteiger partial charge on any atom is 0.240 e. The molecule has 0 radical (unpaired) electrons. The second kappa shape index (κ2) is 9.15. The van der Waals surface area contributed by atoms with E-state index in [1.165, 1.54) is 0 Å². The maximum atomic E-state index is 11.6. The fourth-order valence-electron chi connectivity index (χ4n) is 3.53. The number of aromatic nitrogens is 1. The number of hydrogen-bond donors (Lipinski definition) is 1. The van der Waals surface area contributed by atoms with Gasteiger partial charge in [0.05, 0.1) is 0 Å². The summed E-state index contributed by atoms with van der Waals surface area (Å²) in [5.74, 6) is 6.90. The van der Waals surface area contributed by atoms with Crippen LogP contribution in [-0.2, 0) is 11.4 Å². The summed E-state index contributed by atoms with van der Waals surface area (Å²) in [4.78, 5) is 17.7. The van der Waals surface area contributed by atoms with E-state index in [0.29, 0.717) is 6.61 Å². The van der Waals surface area contributed by atoms with E-state index in [9.17, 15) is 4.79 Å². The second-order valence-electron chi connectivity index (χ2n) is 7.22. The number of anilines is 1. The summed E-state index contributed by atoms with van der Waals surface area (Å²) in [5.41, 5.74) is 9.44. The fraction of sp³-hybridized carbons (Fsp3) is 0.200. The van der Waals surface area contributed by atoms with Crippen LogP contribution in [0.15, 0.2) is 73.1 Å². The molecule has 5 heteroatoms. The number of carbonyl (C=O) groups excluding carboxylic acids is 1. The molecule has 1 aromatic heterocycles. The molecule has 150 valence electrons. The van der Waals surface area contributed by atoms with Crippen LogP contribution in [0.4, 0.5) is 5.69 Å². The minimum absolute atomic E-state index is 0.207. The van der Waals surface area contributed by atoms with Gasteiger partial charge in [-0.15, -0.1) is 0 Å². The molecule has 2 aromatic carbocycles. The number of pyridine rings is 1. The Labute approximate surface area is 176 Å². The summed E-state index contributed by atoms with van der Waals surface area (Å²) in [5, 5.41) is 0. The number of primary amides is 1. The number of amides is 1. The Hall–Kier alpha value is -3.78. The monoisotopic (exact) mass is 397 g/mol. The number of nitrogens with two attached hydrogens (primary N) is 1. The lowest BCUT2D eigenvalue weighted by atomic mass is 10.1. The second-order valence-corrected chi connectivity index (χ2v) is 7.22. The van der Waals surface area contributed by atoms with Gasteiger partial charge in [-0.1, -0.05) is 11.8 Å². The first kappa shape index (κ1) is 19.5. The zero-order valence-electron chi connectivity index (χ0n) is 16.6. The van der Waals surface area contributed by atoms with Crippen LogP contribution in [0.1, 0.15) is 29.5 Å². The first-order chi connectivity index (χ1) is 14.7. The Bertz CT molecular complexity index is 1050. The van der Waals surface area contributed by atoms with Crippen molar-refractivity contribution in [2.24, 2.45) is 5.73 Å². The Balaban J connectivity index is 1.37. The van der Waals surface area contributed by atoms with Gasteiger partial charge in [0.2, 0.25) is 5.91 Å². The number of ether oxygens (including phenoxy) is 1. The molecule has 3 aromatic rings. The Morgan fingerprint density at radius 2 is 1.63 bits per heavy atom. The molecule has 0 spiro atoms. The van der Waals surface area contributed by atoms with Crippen LogP contribution in [0.5, 0.6) is 5.75 Å². The van der Waals surface area contributed by atoms with E-state index in [1.54, 1.807) is 12.4 Å². The van der Waals surface area contributed by atoms with Crippen molar-refractivity contribution in [3.8, 4) is 17.6 Å².